The van der Waals surface area contributed by atoms with E-state index >= 15 is 0 Å². The van der Waals surface area contributed by atoms with Gasteiger partial charge in [-0.1, -0.05) is 23.2 Å². The first-order valence-electron chi connectivity index (χ1n) is 7.08. The van der Waals surface area contributed by atoms with Crippen LogP contribution in [0.1, 0.15) is 35.7 Å². The Morgan fingerprint density at radius 1 is 1.38 bits per heavy atom. The molecule has 1 amide bonds. The Morgan fingerprint density at radius 2 is 2.04 bits per heavy atom. The largest absolute Gasteiger partial charge is 0.547 e. The molecule has 0 saturated heterocycles. The Bertz CT molecular complexity index is 711. The van der Waals surface area contributed by atoms with Crippen LogP contribution in [0.3, 0.4) is 0 Å². The molecule has 1 aromatic rings. The first-order valence-corrected chi connectivity index (χ1v) is 7.84. The first kappa shape index (κ1) is 18.6. The molecular formula is C14H14BCl2NO6. The van der Waals surface area contributed by atoms with Crippen LogP contribution in [0.15, 0.2) is 6.07 Å². The number of carbonyl (C=O) groups excluding carboxylic acids is 2. The second kappa shape index (κ2) is 7.42. The Morgan fingerprint density at radius 3 is 2.62 bits per heavy atom. The van der Waals surface area contributed by atoms with Crippen molar-refractivity contribution in [2.75, 3.05) is 0 Å². The minimum Gasteiger partial charge on any atom is -0.534 e. The highest BCUT2D eigenvalue weighted by Crippen LogP contribution is 2.39. The molecule has 0 aromatic heterocycles. The van der Waals surface area contributed by atoms with E-state index in [-0.39, 0.29) is 46.4 Å². The van der Waals surface area contributed by atoms with Crippen LogP contribution in [0.4, 0.5) is 0 Å². The minimum absolute atomic E-state index is 0.00679. The van der Waals surface area contributed by atoms with Crippen molar-refractivity contribution in [3.8, 4) is 5.75 Å². The average Bonchev–Trinajstić information content (AvgIpc) is 2.48. The number of hydrogen-bond acceptors (Lipinski definition) is 5. The lowest BCUT2D eigenvalue weighted by Crippen LogP contribution is -2.53. The second-order valence-electron chi connectivity index (χ2n) is 5.43. The van der Waals surface area contributed by atoms with Crippen molar-refractivity contribution in [2.24, 2.45) is 0 Å². The van der Waals surface area contributed by atoms with Crippen LogP contribution in [0, 0.1) is 0 Å². The Kier molecular flexibility index (Phi) is 5.74. The second-order valence-corrected chi connectivity index (χ2v) is 6.21. The molecule has 10 heteroatoms. The Labute approximate surface area is 148 Å². The molecule has 1 atom stereocenters. The normalized spacial score (nSPS) is 16.2. The molecule has 0 aliphatic carbocycles. The summed E-state index contributed by atoms with van der Waals surface area (Å²) in [7, 11) is -1.45. The number of rotatable bonds is 5. The fourth-order valence-corrected chi connectivity index (χ4v) is 2.82. The van der Waals surface area contributed by atoms with E-state index in [0.29, 0.717) is 5.56 Å². The van der Waals surface area contributed by atoms with Crippen molar-refractivity contribution in [3.05, 3.63) is 27.2 Å². The summed E-state index contributed by atoms with van der Waals surface area (Å²) in [4.78, 5) is 34.1. The molecule has 1 aliphatic heterocycles. The standard InChI is InChI=1S/C14H14BCl2NO6/c1-6(19)2-3-10(20)18-9-5-7-4-8(16)12(17)11(14(21)22)13(7)24-15(9)23/h4,9,23H,2-3,5H2,1H3,(H,18,20)(H,21,22)/t9-/m0/s1. The molecule has 128 valence electrons. The number of nitrogens with one attached hydrogen (secondary N) is 1. The molecule has 0 spiro atoms. The van der Waals surface area contributed by atoms with E-state index in [1.165, 1.54) is 13.0 Å². The summed E-state index contributed by atoms with van der Waals surface area (Å²) in [5, 5.41) is 21.7. The number of carbonyl (C=O) groups is 3. The summed E-state index contributed by atoms with van der Waals surface area (Å²) in [6.45, 7) is 1.38. The van der Waals surface area contributed by atoms with Crippen molar-refractivity contribution >= 4 is 48.0 Å². The zero-order valence-electron chi connectivity index (χ0n) is 12.6. The van der Waals surface area contributed by atoms with Crippen LogP contribution in [-0.2, 0) is 16.0 Å². The summed E-state index contributed by atoms with van der Waals surface area (Å²) < 4.78 is 5.25. The molecule has 1 heterocycles. The molecule has 2 rings (SSSR count). The lowest BCUT2D eigenvalue weighted by Gasteiger charge is -2.29. The number of fused-ring (bicyclic) bond motifs is 1. The number of benzene rings is 1. The predicted molar refractivity (Wildman–Crippen MR) is 87.6 cm³/mol. The van der Waals surface area contributed by atoms with Gasteiger partial charge in [0.25, 0.3) is 0 Å². The van der Waals surface area contributed by atoms with Gasteiger partial charge in [-0.15, -0.1) is 0 Å². The molecule has 0 saturated carbocycles. The van der Waals surface area contributed by atoms with Crippen LogP contribution in [0.2, 0.25) is 10.0 Å². The van der Waals surface area contributed by atoms with E-state index < -0.39 is 24.9 Å². The third-order valence-electron chi connectivity index (χ3n) is 3.54. The maximum Gasteiger partial charge on any atom is 0.547 e. The lowest BCUT2D eigenvalue weighted by molar-refractivity contribution is -0.124. The summed E-state index contributed by atoms with van der Waals surface area (Å²) in [6.07, 6.45) is 0.198. The Balaban J connectivity index is 2.23. The van der Waals surface area contributed by atoms with Gasteiger partial charge in [0.05, 0.1) is 16.0 Å². The van der Waals surface area contributed by atoms with Crippen molar-refractivity contribution in [1.29, 1.82) is 0 Å². The number of amides is 1. The van der Waals surface area contributed by atoms with E-state index in [0.717, 1.165) is 0 Å². The van der Waals surface area contributed by atoms with Crippen LogP contribution in [0.25, 0.3) is 0 Å². The number of hydrogen-bond donors (Lipinski definition) is 3. The molecule has 3 N–H and O–H groups in total. The maximum atomic E-state index is 11.8. The Hall–Kier alpha value is -1.77. The highest BCUT2D eigenvalue weighted by atomic mass is 35.5. The summed E-state index contributed by atoms with van der Waals surface area (Å²) in [5.74, 6) is -2.74. The van der Waals surface area contributed by atoms with Gasteiger partial charge in [-0.2, -0.15) is 0 Å². The first-order chi connectivity index (χ1) is 11.2. The topological polar surface area (TPSA) is 113 Å². The van der Waals surface area contributed by atoms with Gasteiger partial charge in [-0.3, -0.25) is 4.79 Å². The summed E-state index contributed by atoms with van der Waals surface area (Å²) in [5.41, 5.74) is 0.0727. The monoisotopic (exact) mass is 373 g/mol. The molecule has 1 aliphatic rings. The van der Waals surface area contributed by atoms with Gasteiger partial charge in [-0.05, 0) is 25.0 Å². The molecular weight excluding hydrogens is 360 g/mol. The number of carboxylic acids is 1. The zero-order chi connectivity index (χ0) is 18.0. The van der Waals surface area contributed by atoms with Crippen LogP contribution in [0.5, 0.6) is 5.75 Å². The molecule has 0 bridgehead atoms. The zero-order valence-corrected chi connectivity index (χ0v) is 14.1. The highest BCUT2D eigenvalue weighted by Gasteiger charge is 2.39. The molecule has 0 unspecified atom stereocenters. The quantitative estimate of drug-likeness (QED) is 0.674. The van der Waals surface area contributed by atoms with Crippen molar-refractivity contribution < 1.29 is 29.2 Å². The third kappa shape index (κ3) is 4.01. The van der Waals surface area contributed by atoms with E-state index in [9.17, 15) is 24.5 Å². The van der Waals surface area contributed by atoms with Gasteiger partial charge in [0, 0.05) is 12.8 Å². The highest BCUT2D eigenvalue weighted by molar-refractivity contribution is 6.48. The van der Waals surface area contributed by atoms with E-state index in [1.807, 2.05) is 0 Å². The van der Waals surface area contributed by atoms with Crippen LogP contribution in [-0.4, -0.2) is 40.8 Å². The van der Waals surface area contributed by atoms with Crippen molar-refractivity contribution in [1.82, 2.24) is 5.32 Å². The smallest absolute Gasteiger partial charge is 0.534 e. The molecule has 24 heavy (non-hydrogen) atoms. The molecule has 0 fully saturated rings. The van der Waals surface area contributed by atoms with E-state index in [1.54, 1.807) is 0 Å². The molecule has 1 aromatic carbocycles. The van der Waals surface area contributed by atoms with E-state index in [2.05, 4.69) is 5.32 Å². The van der Waals surface area contributed by atoms with Gasteiger partial charge in [0.15, 0.2) is 0 Å². The fourth-order valence-electron chi connectivity index (χ4n) is 2.37. The van der Waals surface area contributed by atoms with E-state index in [4.69, 9.17) is 27.9 Å². The number of Topliss-reactive ketones (excluding diaryl/α,β-unsaturated/α-hetero) is 1. The molecule has 7 nitrogen and oxygen atoms in total. The van der Waals surface area contributed by atoms with Gasteiger partial charge >= 0.3 is 13.1 Å². The SMILES string of the molecule is CC(=O)CCC(=O)N[C@H]1Cc2cc(Cl)c(Cl)c(C(=O)O)c2OB1O. The summed E-state index contributed by atoms with van der Waals surface area (Å²) >= 11 is 11.8. The van der Waals surface area contributed by atoms with Crippen molar-refractivity contribution in [2.45, 2.75) is 32.1 Å². The third-order valence-corrected chi connectivity index (χ3v) is 4.32. The van der Waals surface area contributed by atoms with Gasteiger partial charge in [0.1, 0.15) is 17.1 Å². The average molecular weight is 374 g/mol. The number of ketones is 1. The lowest BCUT2D eigenvalue weighted by atomic mass is 9.72. The minimum atomic E-state index is -1.45. The predicted octanol–water partition coefficient (Wildman–Crippen LogP) is 1.50. The van der Waals surface area contributed by atoms with Crippen molar-refractivity contribution in [3.63, 3.8) is 0 Å². The fraction of sp³-hybridized carbons (Fsp3) is 0.357. The van der Waals surface area contributed by atoms with Crippen LogP contribution < -0.4 is 9.97 Å². The number of aromatic carboxylic acids is 1. The number of carboxylic acid groups (broad SMARTS) is 1. The summed E-state index contributed by atoms with van der Waals surface area (Å²) in [6, 6.07) is 1.44. The van der Waals surface area contributed by atoms with Gasteiger partial charge in [-0.25, -0.2) is 4.79 Å². The number of halogens is 2. The van der Waals surface area contributed by atoms with Gasteiger partial charge in [0.2, 0.25) is 5.91 Å². The maximum absolute atomic E-state index is 11.8. The van der Waals surface area contributed by atoms with Gasteiger partial charge < -0.3 is 24.9 Å². The van der Waals surface area contributed by atoms with Crippen LogP contribution >= 0.6 is 23.2 Å². The molecule has 0 radical (unpaired) electrons.